The first-order valence-corrected chi connectivity index (χ1v) is 18.7. The summed E-state index contributed by atoms with van der Waals surface area (Å²) in [7, 11) is 0. The van der Waals surface area contributed by atoms with E-state index >= 15 is 0 Å². The highest BCUT2D eigenvalue weighted by Crippen LogP contribution is 2.51. The summed E-state index contributed by atoms with van der Waals surface area (Å²) in [5, 5.41) is 0. The number of ketones is 1. The molecule has 13 nitrogen and oxygen atoms in total. The van der Waals surface area contributed by atoms with Gasteiger partial charge in [-0.15, -0.1) is 0 Å². The average Bonchev–Trinajstić information content (AvgIpc) is 3.10. The van der Waals surface area contributed by atoms with E-state index in [-0.39, 0.29) is 11.1 Å². The van der Waals surface area contributed by atoms with Gasteiger partial charge in [-0.2, -0.15) is 19.6 Å². The van der Waals surface area contributed by atoms with Crippen molar-refractivity contribution in [2.24, 2.45) is 10.8 Å². The molecule has 0 saturated carbocycles. The van der Waals surface area contributed by atoms with Crippen LogP contribution in [0.3, 0.4) is 0 Å². The highest BCUT2D eigenvalue weighted by Gasteiger charge is 2.75. The number of carbonyl (C=O) groups excluding carboxylic acids is 5. The Hall–Kier alpha value is -3.91. The van der Waals surface area contributed by atoms with Crippen LogP contribution in [0.4, 0.5) is 0 Å². The van der Waals surface area contributed by atoms with E-state index in [1.54, 1.807) is 73.6 Å². The summed E-state index contributed by atoms with van der Waals surface area (Å²) >= 11 is 0. The van der Waals surface area contributed by atoms with Gasteiger partial charge in [0, 0.05) is 11.1 Å². The lowest BCUT2D eigenvalue weighted by atomic mass is 9.59. The van der Waals surface area contributed by atoms with Crippen LogP contribution in [-0.4, -0.2) is 52.1 Å². The molecule has 0 aliphatic heterocycles. The van der Waals surface area contributed by atoms with Gasteiger partial charge in [-0.1, -0.05) is 95.9 Å². The predicted octanol–water partition coefficient (Wildman–Crippen LogP) is 8.55. The molecule has 0 fully saturated rings. The van der Waals surface area contributed by atoms with E-state index < -0.39 is 62.9 Å². The Kier molecular flexibility index (Phi) is 16.4. The van der Waals surface area contributed by atoms with E-state index in [2.05, 4.69) is 0 Å². The quantitative estimate of drug-likeness (QED) is 0.0479. The van der Waals surface area contributed by atoms with Crippen LogP contribution in [0.1, 0.15) is 145 Å². The van der Waals surface area contributed by atoms with Gasteiger partial charge in [0.15, 0.2) is 5.78 Å². The lowest BCUT2D eigenvalue weighted by Gasteiger charge is -2.41. The summed E-state index contributed by atoms with van der Waals surface area (Å²) in [4.78, 5) is 117. The zero-order chi connectivity index (χ0) is 41.0. The minimum Gasteiger partial charge on any atom is -0.296 e. The van der Waals surface area contributed by atoms with Crippen molar-refractivity contribution in [2.75, 3.05) is 0 Å². The van der Waals surface area contributed by atoms with Crippen molar-refractivity contribution in [2.45, 2.75) is 157 Å². The maximum absolute atomic E-state index is 14.8. The molecule has 0 saturated heterocycles. The fourth-order valence-electron chi connectivity index (χ4n) is 6.14. The molecule has 0 bridgehead atoms. The number of allylic oxidation sites excluding steroid dienone is 2. The molecule has 0 spiro atoms. The van der Waals surface area contributed by atoms with Crippen LogP contribution in [0.25, 0.3) is 0 Å². The maximum atomic E-state index is 14.8. The molecule has 1 aromatic rings. The van der Waals surface area contributed by atoms with Crippen LogP contribution in [0.15, 0.2) is 54.1 Å². The number of Topliss-reactive ketones (excluding diaryl/α,β-unsaturated/α-hetero) is 1. The van der Waals surface area contributed by atoms with E-state index in [1.807, 2.05) is 27.7 Å². The van der Waals surface area contributed by atoms with E-state index in [0.717, 1.165) is 18.2 Å². The van der Waals surface area contributed by atoms with Crippen molar-refractivity contribution >= 4 is 29.7 Å². The summed E-state index contributed by atoms with van der Waals surface area (Å²) in [5.74, 6) is -7.08. The predicted molar refractivity (Wildman–Crippen MR) is 198 cm³/mol. The van der Waals surface area contributed by atoms with Gasteiger partial charge in [0.1, 0.15) is 22.4 Å². The molecular formula is C41H60O13. The lowest BCUT2D eigenvalue weighted by molar-refractivity contribution is -0.357. The number of carbonyl (C=O) groups is 5. The van der Waals surface area contributed by atoms with E-state index in [4.69, 9.17) is 39.1 Å². The summed E-state index contributed by atoms with van der Waals surface area (Å²) in [6.45, 7) is 20.6. The Bertz CT molecular complexity index is 1450. The molecule has 0 radical (unpaired) electrons. The first-order valence-electron chi connectivity index (χ1n) is 18.7. The van der Waals surface area contributed by atoms with E-state index in [9.17, 15) is 24.0 Å². The Morgan fingerprint density at radius 3 is 1.13 bits per heavy atom. The first-order chi connectivity index (χ1) is 25.1. The van der Waals surface area contributed by atoms with Crippen LogP contribution >= 0.6 is 0 Å². The molecule has 1 aliphatic carbocycles. The van der Waals surface area contributed by atoms with Gasteiger partial charge in [0.25, 0.3) is 0 Å². The van der Waals surface area contributed by atoms with Gasteiger partial charge in [-0.05, 0) is 87.1 Å². The summed E-state index contributed by atoms with van der Waals surface area (Å²) < 4.78 is 0. The minimum absolute atomic E-state index is 0.164. The molecule has 0 aromatic heterocycles. The molecule has 2 rings (SSSR count). The highest BCUT2D eigenvalue weighted by molar-refractivity contribution is 6.20. The van der Waals surface area contributed by atoms with Gasteiger partial charge < -0.3 is 0 Å². The molecule has 13 heteroatoms. The molecule has 0 heterocycles. The monoisotopic (exact) mass is 760 g/mol. The second-order valence-corrected chi connectivity index (χ2v) is 16.1. The zero-order valence-electron chi connectivity index (χ0n) is 34.1. The van der Waals surface area contributed by atoms with Gasteiger partial charge in [-0.3, -0.25) is 24.3 Å². The van der Waals surface area contributed by atoms with Crippen LogP contribution < -0.4 is 0 Å². The molecule has 0 amide bonds. The van der Waals surface area contributed by atoms with Crippen LogP contribution in [0.2, 0.25) is 0 Å². The topological polar surface area (TPSA) is 159 Å². The highest BCUT2D eigenvalue weighted by atomic mass is 17.2. The first kappa shape index (κ1) is 46.2. The fraction of sp³-hybridized carbons (Fsp3) is 0.634. The van der Waals surface area contributed by atoms with E-state index in [0.29, 0.717) is 51.4 Å². The molecule has 0 unspecified atom stereocenters. The molecule has 302 valence electrons. The second kappa shape index (κ2) is 19.1. The van der Waals surface area contributed by atoms with Crippen molar-refractivity contribution in [1.82, 2.24) is 0 Å². The van der Waals surface area contributed by atoms with Crippen molar-refractivity contribution in [1.29, 1.82) is 0 Å². The fourth-order valence-corrected chi connectivity index (χ4v) is 6.14. The van der Waals surface area contributed by atoms with Crippen molar-refractivity contribution in [3.63, 3.8) is 0 Å². The second-order valence-electron chi connectivity index (χ2n) is 16.1. The standard InChI is InChI=1S/C41H60O13/c1-13-23-36(5,6)51-47-32(43)40(33(44)48-52-37(7,8)24-14-2)27-22-30(31(42)29-20-18-17-19-21-29)28-41(40,34(45)49-53-38(9,10)25-15-3)35(46)50-54-39(11,12)26-16-4/h17-22,27-28H,13-16,23-26H2,1-12H3. The zero-order valence-corrected chi connectivity index (χ0v) is 34.1. The third-order valence-corrected chi connectivity index (χ3v) is 8.87. The van der Waals surface area contributed by atoms with Crippen LogP contribution in [0.5, 0.6) is 0 Å². The van der Waals surface area contributed by atoms with Gasteiger partial charge in [0.2, 0.25) is 10.8 Å². The molecule has 0 N–H and O–H groups in total. The van der Waals surface area contributed by atoms with Crippen LogP contribution in [0, 0.1) is 10.8 Å². The summed E-state index contributed by atoms with van der Waals surface area (Å²) in [5.41, 5.74) is -10.9. The number of hydrogen-bond acceptors (Lipinski definition) is 13. The number of rotatable bonds is 22. The normalized spacial score (nSPS) is 15.5. The van der Waals surface area contributed by atoms with Gasteiger partial charge in [-0.25, -0.2) is 19.2 Å². The van der Waals surface area contributed by atoms with Crippen molar-refractivity contribution < 1.29 is 63.1 Å². The summed E-state index contributed by atoms with van der Waals surface area (Å²) in [6.07, 6.45) is 6.89. The van der Waals surface area contributed by atoms with Crippen molar-refractivity contribution in [3.05, 3.63) is 59.7 Å². The number of hydrogen-bond donors (Lipinski definition) is 0. The molecule has 1 aliphatic rings. The number of benzene rings is 1. The average molecular weight is 761 g/mol. The van der Waals surface area contributed by atoms with Gasteiger partial charge >= 0.3 is 23.9 Å². The minimum atomic E-state index is -3.24. The van der Waals surface area contributed by atoms with Crippen LogP contribution in [-0.2, 0) is 58.3 Å². The smallest absolute Gasteiger partial charge is 0.296 e. The molecule has 54 heavy (non-hydrogen) atoms. The Morgan fingerprint density at radius 1 is 0.500 bits per heavy atom. The Balaban J connectivity index is 3.05. The van der Waals surface area contributed by atoms with Gasteiger partial charge in [0.05, 0.1) is 0 Å². The van der Waals surface area contributed by atoms with E-state index in [1.165, 1.54) is 12.1 Å². The largest absolute Gasteiger partial charge is 0.365 e. The third kappa shape index (κ3) is 11.5. The molecule has 0 atom stereocenters. The Labute approximate surface area is 319 Å². The molecule has 1 aromatic carbocycles. The maximum Gasteiger partial charge on any atom is 0.365 e. The Morgan fingerprint density at radius 2 is 0.815 bits per heavy atom. The lowest BCUT2D eigenvalue weighted by Crippen LogP contribution is -2.62. The van der Waals surface area contributed by atoms with Crippen molar-refractivity contribution in [3.8, 4) is 0 Å². The third-order valence-electron chi connectivity index (χ3n) is 8.87. The summed E-state index contributed by atoms with van der Waals surface area (Å²) in [6, 6.07) is 7.96. The molecular weight excluding hydrogens is 700 g/mol. The SMILES string of the molecule is CCCC(C)(C)OOC(=O)C1(C(=O)OOC(C)(C)CCC)C=CC(C(=O)c2ccccc2)=CC1(C(=O)OOC(C)(C)CCC)C(=O)OOC(C)(C)CCC.